The lowest BCUT2D eigenvalue weighted by Crippen LogP contribution is -2.44. The number of piperidine rings is 1. The minimum atomic E-state index is -0.152. The molecule has 1 saturated heterocycles. The van der Waals surface area contributed by atoms with Crippen LogP contribution in [0.4, 0.5) is 0 Å². The average Bonchev–Trinajstić information content (AvgIpc) is 2.69. The number of pyridine rings is 1. The predicted octanol–water partition coefficient (Wildman–Crippen LogP) is 3.15. The lowest BCUT2D eigenvalue weighted by molar-refractivity contribution is 0.0908. The van der Waals surface area contributed by atoms with Crippen molar-refractivity contribution in [3.05, 3.63) is 52.8 Å². The lowest BCUT2D eigenvalue weighted by atomic mass is 10.0. The molecule has 3 rings (SSSR count). The first-order chi connectivity index (χ1) is 13.1. The van der Waals surface area contributed by atoms with Crippen LogP contribution in [0.3, 0.4) is 0 Å². The Hall–Kier alpha value is -2.31. The fraction of sp³-hybridized carbons (Fsp3) is 0.400. The Kier molecular flexibility index (Phi) is 6.53. The normalized spacial score (nSPS) is 15.4. The molecule has 6 nitrogen and oxygen atoms in total. The quantitative estimate of drug-likeness (QED) is 0.822. The summed E-state index contributed by atoms with van der Waals surface area (Å²) < 4.78 is 10.5. The second-order valence-electron chi connectivity index (χ2n) is 6.54. The third-order valence-electron chi connectivity index (χ3n) is 4.73. The zero-order valence-corrected chi connectivity index (χ0v) is 16.3. The van der Waals surface area contributed by atoms with Gasteiger partial charge < -0.3 is 14.8 Å². The summed E-state index contributed by atoms with van der Waals surface area (Å²) in [5, 5.41) is 3.45. The molecule has 1 aliphatic rings. The van der Waals surface area contributed by atoms with E-state index in [1.165, 1.54) is 14.2 Å². The number of nitrogens with one attached hydrogen (secondary N) is 1. The number of benzene rings is 1. The van der Waals surface area contributed by atoms with Crippen LogP contribution in [-0.4, -0.2) is 49.1 Å². The number of amides is 1. The summed E-state index contributed by atoms with van der Waals surface area (Å²) in [5.41, 5.74) is 1.54. The lowest BCUT2D eigenvalue weighted by Gasteiger charge is -2.32. The molecule has 2 aromatic rings. The van der Waals surface area contributed by atoms with E-state index in [2.05, 4.69) is 15.2 Å². The van der Waals surface area contributed by atoms with E-state index >= 15 is 0 Å². The van der Waals surface area contributed by atoms with Crippen LogP contribution in [0.1, 0.15) is 28.9 Å². The summed E-state index contributed by atoms with van der Waals surface area (Å²) in [6.07, 6.45) is 3.62. The second-order valence-corrected chi connectivity index (χ2v) is 6.95. The van der Waals surface area contributed by atoms with Crippen LogP contribution >= 0.6 is 11.6 Å². The van der Waals surface area contributed by atoms with E-state index in [-0.39, 0.29) is 11.9 Å². The Bertz CT molecular complexity index is 778. The number of nitrogens with zero attached hydrogens (tertiary/aromatic N) is 2. The molecule has 144 valence electrons. The van der Waals surface area contributed by atoms with E-state index in [9.17, 15) is 4.79 Å². The zero-order valence-electron chi connectivity index (χ0n) is 15.6. The molecule has 1 aromatic heterocycles. The van der Waals surface area contributed by atoms with Crippen molar-refractivity contribution >= 4 is 17.5 Å². The summed E-state index contributed by atoms with van der Waals surface area (Å²) >= 11 is 6.20. The molecule has 0 saturated carbocycles. The average molecular weight is 390 g/mol. The van der Waals surface area contributed by atoms with Gasteiger partial charge in [-0.2, -0.15) is 0 Å². The van der Waals surface area contributed by atoms with E-state index in [1.807, 2.05) is 24.4 Å². The highest BCUT2D eigenvalue weighted by atomic mass is 35.5. The first-order valence-corrected chi connectivity index (χ1v) is 9.33. The van der Waals surface area contributed by atoms with Gasteiger partial charge in [-0.3, -0.25) is 14.7 Å². The fourth-order valence-electron chi connectivity index (χ4n) is 3.27. The van der Waals surface area contributed by atoms with Crippen LogP contribution < -0.4 is 14.8 Å². The summed E-state index contributed by atoms with van der Waals surface area (Å²) in [6.45, 7) is 2.69. The molecule has 1 aliphatic heterocycles. The highest BCUT2D eigenvalue weighted by Crippen LogP contribution is 2.36. The number of carbonyl (C=O) groups is 1. The van der Waals surface area contributed by atoms with Crippen molar-refractivity contribution in [1.29, 1.82) is 0 Å². The standard InChI is InChI=1S/C20H24ClN3O3/c1-26-18-12-14(11-17(21)19(18)27-2)20(25)23-15-6-9-24(10-7-15)13-16-5-3-4-8-22-16/h3-5,8,11-12,15H,6-7,9-10,13H2,1-2H3,(H,23,25). The Balaban J connectivity index is 1.56. The smallest absolute Gasteiger partial charge is 0.251 e. The summed E-state index contributed by atoms with van der Waals surface area (Å²) in [7, 11) is 3.04. The summed E-state index contributed by atoms with van der Waals surface area (Å²) in [6, 6.07) is 9.36. The molecule has 0 atom stereocenters. The number of ether oxygens (including phenoxy) is 2. The van der Waals surface area contributed by atoms with Crippen molar-refractivity contribution in [1.82, 2.24) is 15.2 Å². The summed E-state index contributed by atoms with van der Waals surface area (Å²) in [5.74, 6) is 0.722. The van der Waals surface area contributed by atoms with Gasteiger partial charge in [-0.05, 0) is 37.1 Å². The molecule has 0 radical (unpaired) electrons. The maximum Gasteiger partial charge on any atom is 0.251 e. The molecule has 1 fully saturated rings. The minimum absolute atomic E-state index is 0.143. The van der Waals surface area contributed by atoms with Crippen LogP contribution in [0.15, 0.2) is 36.5 Å². The van der Waals surface area contributed by atoms with Crippen LogP contribution in [-0.2, 0) is 6.54 Å². The molecule has 7 heteroatoms. The SMILES string of the molecule is COc1cc(C(=O)NC2CCN(Cc3ccccn3)CC2)cc(Cl)c1OC. The first kappa shape index (κ1) is 19.5. The highest BCUT2D eigenvalue weighted by Gasteiger charge is 2.22. The maximum absolute atomic E-state index is 12.6. The number of hydrogen-bond donors (Lipinski definition) is 1. The molecule has 1 amide bonds. The highest BCUT2D eigenvalue weighted by molar-refractivity contribution is 6.32. The molecule has 0 aliphatic carbocycles. The van der Waals surface area contributed by atoms with Gasteiger partial charge in [-0.1, -0.05) is 17.7 Å². The fourth-order valence-corrected chi connectivity index (χ4v) is 3.56. The van der Waals surface area contributed by atoms with Gasteiger partial charge in [0.2, 0.25) is 0 Å². The van der Waals surface area contributed by atoms with Crippen LogP contribution in [0.5, 0.6) is 11.5 Å². The van der Waals surface area contributed by atoms with Crippen molar-refractivity contribution < 1.29 is 14.3 Å². The van der Waals surface area contributed by atoms with Gasteiger partial charge in [0.05, 0.1) is 24.9 Å². The number of rotatable bonds is 6. The number of carbonyl (C=O) groups excluding carboxylic acids is 1. The van der Waals surface area contributed by atoms with Gasteiger partial charge in [0, 0.05) is 37.4 Å². The Labute approximate surface area is 164 Å². The van der Waals surface area contributed by atoms with Gasteiger partial charge in [0.1, 0.15) is 0 Å². The van der Waals surface area contributed by atoms with Gasteiger partial charge in [0.15, 0.2) is 11.5 Å². The molecule has 1 N–H and O–H groups in total. The Morgan fingerprint density at radius 1 is 1.26 bits per heavy atom. The Morgan fingerprint density at radius 2 is 2.04 bits per heavy atom. The molecular weight excluding hydrogens is 366 g/mol. The molecule has 0 spiro atoms. The third-order valence-corrected chi connectivity index (χ3v) is 5.01. The Morgan fingerprint density at radius 3 is 2.67 bits per heavy atom. The molecule has 1 aromatic carbocycles. The van der Waals surface area contributed by atoms with Crippen LogP contribution in [0.25, 0.3) is 0 Å². The number of methoxy groups -OCH3 is 2. The molecule has 0 unspecified atom stereocenters. The first-order valence-electron chi connectivity index (χ1n) is 8.95. The van der Waals surface area contributed by atoms with E-state index < -0.39 is 0 Å². The van der Waals surface area contributed by atoms with Crippen LogP contribution in [0, 0.1) is 0 Å². The number of hydrogen-bond acceptors (Lipinski definition) is 5. The number of halogens is 1. The van der Waals surface area contributed by atoms with Crippen molar-refractivity contribution in [3.63, 3.8) is 0 Å². The van der Waals surface area contributed by atoms with Crippen molar-refractivity contribution in [2.45, 2.75) is 25.4 Å². The van der Waals surface area contributed by atoms with Gasteiger partial charge in [-0.15, -0.1) is 0 Å². The van der Waals surface area contributed by atoms with Crippen LogP contribution in [0.2, 0.25) is 5.02 Å². The number of aromatic nitrogens is 1. The van der Waals surface area contributed by atoms with Crippen molar-refractivity contribution in [3.8, 4) is 11.5 Å². The molecular formula is C20H24ClN3O3. The predicted molar refractivity (Wildman–Crippen MR) is 105 cm³/mol. The molecule has 27 heavy (non-hydrogen) atoms. The van der Waals surface area contributed by atoms with E-state index in [0.717, 1.165) is 38.2 Å². The van der Waals surface area contributed by atoms with Gasteiger partial charge in [-0.25, -0.2) is 0 Å². The minimum Gasteiger partial charge on any atom is -0.493 e. The summed E-state index contributed by atoms with van der Waals surface area (Å²) in [4.78, 5) is 19.3. The van der Waals surface area contributed by atoms with Gasteiger partial charge in [0.25, 0.3) is 5.91 Å². The van der Waals surface area contributed by atoms with E-state index in [0.29, 0.717) is 22.1 Å². The van der Waals surface area contributed by atoms with Gasteiger partial charge >= 0.3 is 0 Å². The maximum atomic E-state index is 12.6. The number of likely N-dealkylation sites (tertiary alicyclic amines) is 1. The monoisotopic (exact) mass is 389 g/mol. The van der Waals surface area contributed by atoms with E-state index in [4.69, 9.17) is 21.1 Å². The topological polar surface area (TPSA) is 63.7 Å². The largest absolute Gasteiger partial charge is 0.493 e. The van der Waals surface area contributed by atoms with Crippen molar-refractivity contribution in [2.75, 3.05) is 27.3 Å². The second kappa shape index (κ2) is 9.06. The van der Waals surface area contributed by atoms with E-state index in [1.54, 1.807) is 12.1 Å². The molecule has 0 bridgehead atoms. The molecule has 2 heterocycles. The third kappa shape index (κ3) is 4.90. The zero-order chi connectivity index (χ0) is 19.2. The van der Waals surface area contributed by atoms with Crippen molar-refractivity contribution in [2.24, 2.45) is 0 Å².